The molecule has 2 aromatic rings. The predicted molar refractivity (Wildman–Crippen MR) is 81.6 cm³/mol. The normalized spacial score (nSPS) is 10.8. The molecule has 0 aliphatic carbocycles. The molecular weight excluding hydrogens is 308 g/mol. The van der Waals surface area contributed by atoms with Gasteiger partial charge in [-0.3, -0.25) is 4.72 Å². The monoisotopic (exact) mass is 322 g/mol. The van der Waals surface area contributed by atoms with Crippen LogP contribution in [0.2, 0.25) is 0 Å². The van der Waals surface area contributed by atoms with Crippen LogP contribution in [0.15, 0.2) is 36.4 Å². The molecule has 2 rings (SSSR count). The number of sulfonamides is 1. The maximum atomic E-state index is 11.5. The van der Waals surface area contributed by atoms with Crippen LogP contribution < -0.4 is 10.0 Å². The van der Waals surface area contributed by atoms with E-state index in [1.54, 1.807) is 30.3 Å². The average Bonchev–Trinajstić information content (AvgIpc) is 2.47. The van der Waals surface area contributed by atoms with Crippen molar-refractivity contribution in [3.63, 3.8) is 0 Å². The molecule has 1 heterocycles. The van der Waals surface area contributed by atoms with E-state index in [1.165, 1.54) is 13.2 Å². The van der Waals surface area contributed by atoms with Gasteiger partial charge >= 0.3 is 5.97 Å². The van der Waals surface area contributed by atoms with Crippen molar-refractivity contribution in [2.24, 2.45) is 0 Å². The first-order valence-corrected chi connectivity index (χ1v) is 8.03. The van der Waals surface area contributed by atoms with Gasteiger partial charge in [-0.15, -0.1) is 10.2 Å². The molecule has 0 atom stereocenters. The van der Waals surface area contributed by atoms with Crippen LogP contribution in [0, 0.1) is 0 Å². The average molecular weight is 322 g/mol. The molecule has 8 nitrogen and oxygen atoms in total. The zero-order valence-corrected chi connectivity index (χ0v) is 12.7. The van der Waals surface area contributed by atoms with Crippen LogP contribution in [0.4, 0.5) is 17.3 Å². The van der Waals surface area contributed by atoms with Crippen molar-refractivity contribution >= 4 is 33.3 Å². The molecule has 0 bridgehead atoms. The Bertz CT molecular complexity index is 775. The largest absolute Gasteiger partial charge is 0.465 e. The molecular formula is C13H14N4O4S. The van der Waals surface area contributed by atoms with Gasteiger partial charge in [0.05, 0.1) is 18.9 Å². The van der Waals surface area contributed by atoms with Crippen molar-refractivity contribution in [3.8, 4) is 0 Å². The highest BCUT2D eigenvalue weighted by Gasteiger charge is 2.07. The Labute approximate surface area is 127 Å². The smallest absolute Gasteiger partial charge is 0.337 e. The van der Waals surface area contributed by atoms with Gasteiger partial charge in [0.15, 0.2) is 11.6 Å². The van der Waals surface area contributed by atoms with E-state index in [9.17, 15) is 13.2 Å². The van der Waals surface area contributed by atoms with Crippen LogP contribution in [0.3, 0.4) is 0 Å². The second-order valence-electron chi connectivity index (χ2n) is 4.38. The molecule has 116 valence electrons. The summed E-state index contributed by atoms with van der Waals surface area (Å²) in [6, 6.07) is 9.71. The molecule has 0 unspecified atom stereocenters. The number of hydrogen-bond acceptors (Lipinski definition) is 7. The fourth-order valence-corrected chi connectivity index (χ4v) is 2.12. The van der Waals surface area contributed by atoms with E-state index in [-0.39, 0.29) is 5.82 Å². The summed E-state index contributed by atoms with van der Waals surface area (Å²) < 4.78 is 29.0. The minimum Gasteiger partial charge on any atom is -0.465 e. The highest BCUT2D eigenvalue weighted by Crippen LogP contribution is 2.17. The highest BCUT2D eigenvalue weighted by atomic mass is 32.2. The number of hydrogen-bond donors (Lipinski definition) is 2. The number of aromatic nitrogens is 2. The van der Waals surface area contributed by atoms with Crippen molar-refractivity contribution in [1.29, 1.82) is 0 Å². The van der Waals surface area contributed by atoms with Crippen LogP contribution in [-0.4, -0.2) is 38.0 Å². The molecule has 22 heavy (non-hydrogen) atoms. The number of esters is 1. The topological polar surface area (TPSA) is 110 Å². The van der Waals surface area contributed by atoms with Gasteiger partial charge in [0.25, 0.3) is 0 Å². The van der Waals surface area contributed by atoms with E-state index in [1.807, 2.05) is 0 Å². The number of benzene rings is 1. The number of anilines is 3. The molecule has 2 N–H and O–H groups in total. The molecule has 1 aromatic carbocycles. The first-order valence-electron chi connectivity index (χ1n) is 6.14. The Balaban J connectivity index is 2.12. The Kier molecular flexibility index (Phi) is 4.56. The number of nitrogens with one attached hydrogen (secondary N) is 2. The third kappa shape index (κ3) is 4.42. The lowest BCUT2D eigenvalue weighted by atomic mass is 10.2. The SMILES string of the molecule is COC(=O)c1cccc(Nc2ccc(NS(C)(=O)=O)nn2)c1. The lowest BCUT2D eigenvalue weighted by Crippen LogP contribution is -2.11. The van der Waals surface area contributed by atoms with Crippen LogP contribution in [0.5, 0.6) is 0 Å². The summed E-state index contributed by atoms with van der Waals surface area (Å²) in [5.74, 6) is 0.0832. The molecule has 0 fully saturated rings. The fourth-order valence-electron chi connectivity index (χ4n) is 1.63. The van der Waals surface area contributed by atoms with E-state index in [0.29, 0.717) is 17.1 Å². The van der Waals surface area contributed by atoms with Crippen LogP contribution in [0.1, 0.15) is 10.4 Å². The summed E-state index contributed by atoms with van der Waals surface area (Å²) in [4.78, 5) is 11.5. The third-order valence-corrected chi connectivity index (χ3v) is 3.09. The van der Waals surface area contributed by atoms with Gasteiger partial charge in [-0.25, -0.2) is 13.2 Å². The van der Waals surface area contributed by atoms with Crippen LogP contribution >= 0.6 is 0 Å². The van der Waals surface area contributed by atoms with Crippen molar-refractivity contribution < 1.29 is 17.9 Å². The minimum absolute atomic E-state index is 0.122. The number of nitrogens with zero attached hydrogens (tertiary/aromatic N) is 2. The Morgan fingerprint density at radius 2 is 1.82 bits per heavy atom. The van der Waals surface area contributed by atoms with Crippen molar-refractivity contribution in [1.82, 2.24) is 10.2 Å². The molecule has 1 aromatic heterocycles. The first kappa shape index (κ1) is 15.7. The molecule has 0 aliphatic rings. The van der Waals surface area contributed by atoms with Gasteiger partial charge in [0.1, 0.15) is 0 Å². The standard InChI is InChI=1S/C13H14N4O4S/c1-21-13(18)9-4-3-5-10(8-9)14-11-6-7-12(16-15-11)17-22(2,19)20/h3-8H,1-2H3,(H,14,15)(H,16,17). The molecule has 0 saturated carbocycles. The number of carbonyl (C=O) groups is 1. The van der Waals surface area contributed by atoms with Crippen LogP contribution in [0.25, 0.3) is 0 Å². The lowest BCUT2D eigenvalue weighted by molar-refractivity contribution is 0.0601. The summed E-state index contributed by atoms with van der Waals surface area (Å²) in [6.07, 6.45) is 1.03. The van der Waals surface area contributed by atoms with E-state index >= 15 is 0 Å². The number of ether oxygens (including phenoxy) is 1. The maximum absolute atomic E-state index is 11.5. The fraction of sp³-hybridized carbons (Fsp3) is 0.154. The zero-order chi connectivity index (χ0) is 16.2. The van der Waals surface area contributed by atoms with E-state index < -0.39 is 16.0 Å². The number of carbonyl (C=O) groups excluding carboxylic acids is 1. The minimum atomic E-state index is -3.39. The summed E-state index contributed by atoms with van der Waals surface area (Å²) in [5, 5.41) is 10.5. The molecule has 9 heteroatoms. The molecule has 0 saturated heterocycles. The molecule has 0 amide bonds. The van der Waals surface area contributed by atoms with Gasteiger partial charge in [-0.1, -0.05) is 6.07 Å². The van der Waals surface area contributed by atoms with Crippen molar-refractivity contribution in [2.75, 3.05) is 23.4 Å². The predicted octanol–water partition coefficient (Wildman–Crippen LogP) is 1.38. The van der Waals surface area contributed by atoms with Gasteiger partial charge in [0, 0.05) is 5.69 Å². The summed E-state index contributed by atoms with van der Waals surface area (Å²) in [6.45, 7) is 0. The van der Waals surface area contributed by atoms with E-state index in [4.69, 9.17) is 0 Å². The summed E-state index contributed by atoms with van der Waals surface area (Å²) >= 11 is 0. The van der Waals surface area contributed by atoms with Gasteiger partial charge in [0.2, 0.25) is 10.0 Å². The summed E-state index contributed by atoms with van der Waals surface area (Å²) in [5.41, 5.74) is 1.02. The highest BCUT2D eigenvalue weighted by molar-refractivity contribution is 7.92. The number of rotatable bonds is 5. The van der Waals surface area contributed by atoms with Gasteiger partial charge in [-0.05, 0) is 30.3 Å². The lowest BCUT2D eigenvalue weighted by Gasteiger charge is -2.07. The third-order valence-electron chi connectivity index (χ3n) is 2.51. The molecule has 0 radical (unpaired) electrons. The Morgan fingerprint density at radius 1 is 1.14 bits per heavy atom. The maximum Gasteiger partial charge on any atom is 0.337 e. The Morgan fingerprint density at radius 3 is 2.41 bits per heavy atom. The van der Waals surface area contributed by atoms with E-state index in [2.05, 4.69) is 25.0 Å². The summed E-state index contributed by atoms with van der Waals surface area (Å²) in [7, 11) is -2.08. The Hall–Kier alpha value is -2.68. The van der Waals surface area contributed by atoms with E-state index in [0.717, 1.165) is 6.26 Å². The van der Waals surface area contributed by atoms with Crippen molar-refractivity contribution in [3.05, 3.63) is 42.0 Å². The van der Waals surface area contributed by atoms with Crippen molar-refractivity contribution in [2.45, 2.75) is 0 Å². The quantitative estimate of drug-likeness (QED) is 0.800. The first-order chi connectivity index (χ1) is 10.4. The zero-order valence-electron chi connectivity index (χ0n) is 11.9. The molecule has 0 spiro atoms. The van der Waals surface area contributed by atoms with Gasteiger partial charge in [-0.2, -0.15) is 0 Å². The molecule has 0 aliphatic heterocycles. The second kappa shape index (κ2) is 6.39. The second-order valence-corrected chi connectivity index (χ2v) is 6.12. The van der Waals surface area contributed by atoms with Gasteiger partial charge < -0.3 is 10.1 Å². The van der Waals surface area contributed by atoms with Crippen LogP contribution in [-0.2, 0) is 14.8 Å². The number of methoxy groups -OCH3 is 1.